The zero-order valence-electron chi connectivity index (χ0n) is 11.3. The van der Waals surface area contributed by atoms with Gasteiger partial charge >= 0.3 is 12.1 Å². The molecule has 2 rings (SSSR count). The molecule has 1 amide bonds. The molecule has 7 heteroatoms. The quantitative estimate of drug-likeness (QED) is 0.770. The minimum absolute atomic E-state index is 0.0499. The van der Waals surface area contributed by atoms with Gasteiger partial charge in [0, 0.05) is 6.54 Å². The molecular weight excluding hydrogens is 252 g/mol. The number of ether oxygens (including phenoxy) is 1. The van der Waals surface area contributed by atoms with Crippen molar-refractivity contribution in [1.29, 1.82) is 0 Å². The number of aliphatic carboxylic acids is 1. The van der Waals surface area contributed by atoms with Crippen LogP contribution in [0.2, 0.25) is 0 Å². The zero-order valence-corrected chi connectivity index (χ0v) is 11.3. The molecule has 0 bridgehead atoms. The van der Waals surface area contributed by atoms with Crippen molar-refractivity contribution in [2.75, 3.05) is 13.1 Å². The van der Waals surface area contributed by atoms with Crippen LogP contribution in [0.15, 0.2) is 5.16 Å². The van der Waals surface area contributed by atoms with E-state index in [-0.39, 0.29) is 17.7 Å². The van der Waals surface area contributed by atoms with Crippen LogP contribution >= 0.6 is 0 Å². The number of amides is 1. The van der Waals surface area contributed by atoms with E-state index in [9.17, 15) is 9.59 Å². The SMILES string of the molecule is CC(C)(C)OC(=O)N1CC[C@@H]2C(C(=O)O)=NO[C@H]2C1. The third kappa shape index (κ3) is 2.97. The molecule has 0 aromatic heterocycles. The lowest BCUT2D eigenvalue weighted by Gasteiger charge is -2.34. The molecular formula is C12H18N2O5. The highest BCUT2D eigenvalue weighted by atomic mass is 16.6. The molecule has 106 valence electrons. The average molecular weight is 270 g/mol. The topological polar surface area (TPSA) is 88.4 Å². The van der Waals surface area contributed by atoms with Crippen molar-refractivity contribution in [2.45, 2.75) is 38.9 Å². The molecule has 1 fully saturated rings. The summed E-state index contributed by atoms with van der Waals surface area (Å²) >= 11 is 0. The molecule has 1 N–H and O–H groups in total. The van der Waals surface area contributed by atoms with Gasteiger partial charge in [0.15, 0.2) is 11.8 Å². The fourth-order valence-electron chi connectivity index (χ4n) is 2.22. The molecule has 2 heterocycles. The summed E-state index contributed by atoms with van der Waals surface area (Å²) in [6.07, 6.45) is -0.264. The van der Waals surface area contributed by atoms with Crippen molar-refractivity contribution in [2.24, 2.45) is 11.1 Å². The van der Waals surface area contributed by atoms with Crippen molar-refractivity contribution in [3.05, 3.63) is 0 Å². The molecule has 0 aliphatic carbocycles. The smallest absolute Gasteiger partial charge is 0.410 e. The molecule has 0 unspecified atom stereocenters. The van der Waals surface area contributed by atoms with E-state index < -0.39 is 17.7 Å². The van der Waals surface area contributed by atoms with E-state index in [1.54, 1.807) is 20.8 Å². The van der Waals surface area contributed by atoms with Crippen molar-refractivity contribution >= 4 is 17.8 Å². The fraction of sp³-hybridized carbons (Fsp3) is 0.750. The number of piperidine rings is 1. The molecule has 0 spiro atoms. The first-order valence-corrected chi connectivity index (χ1v) is 6.23. The summed E-state index contributed by atoms with van der Waals surface area (Å²) in [6.45, 7) is 6.16. The monoisotopic (exact) mass is 270 g/mol. The number of carboxylic acids is 1. The highest BCUT2D eigenvalue weighted by molar-refractivity contribution is 6.36. The highest BCUT2D eigenvalue weighted by Crippen LogP contribution is 2.28. The first kappa shape index (κ1) is 13.6. The maximum Gasteiger partial charge on any atom is 0.410 e. The standard InChI is InChI=1S/C12H18N2O5/c1-12(2,3)18-11(17)14-5-4-7-8(6-14)19-13-9(7)10(15)16/h7-8H,4-6H2,1-3H3,(H,15,16)/t7-,8-/m0/s1. The largest absolute Gasteiger partial charge is 0.477 e. The molecule has 7 nitrogen and oxygen atoms in total. The number of nitrogens with zero attached hydrogens (tertiary/aromatic N) is 2. The van der Waals surface area contributed by atoms with Gasteiger partial charge in [0.25, 0.3) is 0 Å². The summed E-state index contributed by atoms with van der Waals surface area (Å²) in [6, 6.07) is 0. The Balaban J connectivity index is 1.95. The van der Waals surface area contributed by atoms with Crippen LogP contribution in [-0.2, 0) is 14.4 Å². The van der Waals surface area contributed by atoms with Crippen LogP contribution in [0.5, 0.6) is 0 Å². The van der Waals surface area contributed by atoms with Gasteiger partial charge in [0.05, 0.1) is 12.5 Å². The van der Waals surface area contributed by atoms with Crippen molar-refractivity contribution in [3.8, 4) is 0 Å². The second kappa shape index (κ2) is 4.71. The predicted molar refractivity (Wildman–Crippen MR) is 65.9 cm³/mol. The maximum absolute atomic E-state index is 11.9. The Morgan fingerprint density at radius 2 is 2.16 bits per heavy atom. The van der Waals surface area contributed by atoms with Crippen LogP contribution < -0.4 is 0 Å². The molecule has 0 aromatic rings. The predicted octanol–water partition coefficient (Wildman–Crippen LogP) is 1.08. The van der Waals surface area contributed by atoms with E-state index in [1.165, 1.54) is 4.90 Å². The van der Waals surface area contributed by atoms with Crippen LogP contribution in [0, 0.1) is 5.92 Å². The van der Waals surface area contributed by atoms with Gasteiger partial charge in [-0.25, -0.2) is 9.59 Å². The maximum atomic E-state index is 11.9. The van der Waals surface area contributed by atoms with E-state index in [2.05, 4.69) is 5.16 Å². The highest BCUT2D eigenvalue weighted by Gasteiger charge is 2.43. The van der Waals surface area contributed by atoms with Gasteiger partial charge in [0.1, 0.15) is 5.60 Å². The molecule has 2 aliphatic rings. The summed E-state index contributed by atoms with van der Waals surface area (Å²) in [5.41, 5.74) is -0.499. The first-order chi connectivity index (χ1) is 8.78. The number of hydrogen-bond donors (Lipinski definition) is 1. The van der Waals surface area contributed by atoms with Gasteiger partial charge in [0.2, 0.25) is 0 Å². The Hall–Kier alpha value is -1.79. The molecule has 2 aliphatic heterocycles. The Morgan fingerprint density at radius 3 is 2.74 bits per heavy atom. The van der Waals surface area contributed by atoms with Crippen molar-refractivity contribution in [1.82, 2.24) is 4.90 Å². The summed E-state index contributed by atoms with van der Waals surface area (Å²) in [4.78, 5) is 29.5. The number of carbonyl (C=O) groups is 2. The lowest BCUT2D eigenvalue weighted by molar-refractivity contribution is -0.129. The summed E-state index contributed by atoms with van der Waals surface area (Å²) < 4.78 is 5.28. The van der Waals surface area contributed by atoms with E-state index in [1.807, 2.05) is 0 Å². The van der Waals surface area contributed by atoms with Gasteiger partial charge in [-0.05, 0) is 27.2 Å². The van der Waals surface area contributed by atoms with E-state index in [0.29, 0.717) is 19.5 Å². The number of fused-ring (bicyclic) bond motifs is 1. The minimum atomic E-state index is -1.06. The Bertz CT molecular complexity index is 426. The second-order valence-corrected chi connectivity index (χ2v) is 5.75. The van der Waals surface area contributed by atoms with Crippen LogP contribution in [0.3, 0.4) is 0 Å². The Kier molecular flexibility index (Phi) is 3.38. The van der Waals surface area contributed by atoms with Gasteiger partial charge in [-0.1, -0.05) is 5.16 Å². The molecule has 19 heavy (non-hydrogen) atoms. The second-order valence-electron chi connectivity index (χ2n) is 5.75. The van der Waals surface area contributed by atoms with Crippen molar-refractivity contribution < 1.29 is 24.3 Å². The number of hydrogen-bond acceptors (Lipinski definition) is 5. The number of likely N-dealkylation sites (tertiary alicyclic amines) is 1. The summed E-state index contributed by atoms with van der Waals surface area (Å²) in [5.74, 6) is -1.30. The van der Waals surface area contributed by atoms with Gasteiger partial charge in [-0.2, -0.15) is 0 Å². The normalized spacial score (nSPS) is 26.3. The van der Waals surface area contributed by atoms with Crippen LogP contribution in [0.1, 0.15) is 27.2 Å². The fourth-order valence-corrected chi connectivity index (χ4v) is 2.22. The van der Waals surface area contributed by atoms with Crippen LogP contribution in [-0.4, -0.2) is 52.6 Å². The summed E-state index contributed by atoms with van der Waals surface area (Å²) in [7, 11) is 0. The van der Waals surface area contributed by atoms with Gasteiger partial charge in [-0.15, -0.1) is 0 Å². The van der Waals surface area contributed by atoms with E-state index in [0.717, 1.165) is 0 Å². The Labute approximate surface area is 111 Å². The van der Waals surface area contributed by atoms with E-state index >= 15 is 0 Å². The molecule has 0 radical (unpaired) electrons. The minimum Gasteiger partial charge on any atom is -0.477 e. The van der Waals surface area contributed by atoms with Gasteiger partial charge in [-0.3, -0.25) is 0 Å². The number of carboxylic acid groups (broad SMARTS) is 1. The number of carbonyl (C=O) groups excluding carboxylic acids is 1. The number of rotatable bonds is 1. The average Bonchev–Trinajstić information content (AvgIpc) is 2.68. The van der Waals surface area contributed by atoms with Crippen LogP contribution in [0.25, 0.3) is 0 Å². The number of oxime groups is 1. The van der Waals surface area contributed by atoms with Gasteiger partial charge < -0.3 is 19.6 Å². The third-order valence-electron chi connectivity index (χ3n) is 3.07. The van der Waals surface area contributed by atoms with Crippen LogP contribution in [0.4, 0.5) is 4.79 Å². The zero-order chi connectivity index (χ0) is 14.2. The molecule has 1 saturated heterocycles. The molecule has 2 atom stereocenters. The lowest BCUT2D eigenvalue weighted by atomic mass is 9.90. The van der Waals surface area contributed by atoms with E-state index in [4.69, 9.17) is 14.7 Å². The molecule has 0 aromatic carbocycles. The van der Waals surface area contributed by atoms with Crippen molar-refractivity contribution in [3.63, 3.8) is 0 Å². The summed E-state index contributed by atoms with van der Waals surface area (Å²) in [5, 5.41) is 12.6. The molecule has 0 saturated carbocycles. The Morgan fingerprint density at radius 1 is 1.47 bits per heavy atom. The lowest BCUT2D eigenvalue weighted by Crippen LogP contribution is -2.49. The third-order valence-corrected chi connectivity index (χ3v) is 3.07. The first-order valence-electron chi connectivity index (χ1n) is 6.23.